The fourth-order valence-electron chi connectivity index (χ4n) is 6.82. The molecule has 0 unspecified atom stereocenters. The molecule has 14 heteroatoms. The van der Waals surface area contributed by atoms with Gasteiger partial charge in [-0.25, -0.2) is 4.98 Å². The Hall–Kier alpha value is -5.37. The van der Waals surface area contributed by atoms with Crippen LogP contribution in [0.25, 0.3) is 39.1 Å². The monoisotopic (exact) mass is 683 g/mol. The summed E-state index contributed by atoms with van der Waals surface area (Å²) >= 11 is 0. The van der Waals surface area contributed by atoms with Crippen molar-refractivity contribution in [2.45, 2.75) is 25.9 Å². The number of aromatic amines is 1. The minimum atomic E-state index is -4.58. The zero-order valence-electron chi connectivity index (χ0n) is 27.7. The number of aromatic nitrogens is 6. The predicted octanol–water partition coefficient (Wildman–Crippen LogP) is 5.43. The van der Waals surface area contributed by atoms with Gasteiger partial charge in [-0.15, -0.1) is 0 Å². The molecule has 2 amide bonds. The zero-order chi connectivity index (χ0) is 35.0. The lowest BCUT2D eigenvalue weighted by Crippen LogP contribution is -2.42. The number of halogens is 3. The number of pyridine rings is 1. The first kappa shape index (κ1) is 33.1. The van der Waals surface area contributed by atoms with Gasteiger partial charge in [-0.1, -0.05) is 30.3 Å². The van der Waals surface area contributed by atoms with Gasteiger partial charge in [0, 0.05) is 67.8 Å². The number of hydrogen-bond donors (Lipinski definition) is 1. The third-order valence-corrected chi connectivity index (χ3v) is 9.48. The SMILES string of the molecule is CCN(C(=O)[C@@H]1CCN(CC(=O)N2CC=C(c3ccc(-c4ncn(C)n4)cc3)CC2)C1)c1ccc2[nH]nc(-c3cnccc3C(F)(F)F)c2c1. The van der Waals surface area contributed by atoms with E-state index in [1.165, 1.54) is 5.57 Å². The molecule has 2 aliphatic heterocycles. The van der Waals surface area contributed by atoms with E-state index in [2.05, 4.69) is 43.5 Å². The number of hydrogen-bond acceptors (Lipinski definition) is 7. The molecule has 258 valence electrons. The third-order valence-electron chi connectivity index (χ3n) is 9.48. The lowest BCUT2D eigenvalue weighted by atomic mass is 9.98. The Morgan fingerprint density at radius 3 is 2.56 bits per heavy atom. The Labute approximate surface area is 286 Å². The van der Waals surface area contributed by atoms with Crippen molar-refractivity contribution in [1.82, 2.24) is 39.7 Å². The highest BCUT2D eigenvalue weighted by atomic mass is 19.4. The van der Waals surface area contributed by atoms with Crippen molar-refractivity contribution in [3.63, 3.8) is 0 Å². The van der Waals surface area contributed by atoms with Gasteiger partial charge in [0.1, 0.15) is 12.0 Å². The molecule has 5 aromatic rings. The average Bonchev–Trinajstić information content (AvgIpc) is 3.88. The van der Waals surface area contributed by atoms with Gasteiger partial charge in [-0.2, -0.15) is 23.4 Å². The molecule has 2 aromatic carbocycles. The highest BCUT2D eigenvalue weighted by molar-refractivity contribution is 6.00. The van der Waals surface area contributed by atoms with E-state index >= 15 is 0 Å². The average molecular weight is 684 g/mol. The molecule has 3 aromatic heterocycles. The number of fused-ring (bicyclic) bond motifs is 1. The Bertz CT molecular complexity index is 2070. The fraction of sp³-hybridized carbons (Fsp3) is 0.333. The lowest BCUT2D eigenvalue weighted by molar-refractivity contribution is -0.137. The van der Waals surface area contributed by atoms with E-state index in [0.29, 0.717) is 61.6 Å². The van der Waals surface area contributed by atoms with Crippen LogP contribution in [0.1, 0.15) is 30.9 Å². The van der Waals surface area contributed by atoms with Crippen molar-refractivity contribution in [1.29, 1.82) is 0 Å². The van der Waals surface area contributed by atoms with Crippen molar-refractivity contribution in [2.24, 2.45) is 13.0 Å². The molecule has 1 atom stereocenters. The number of likely N-dealkylation sites (tertiary alicyclic amines) is 1. The maximum Gasteiger partial charge on any atom is 0.417 e. The molecule has 0 saturated carbocycles. The minimum absolute atomic E-state index is 0.0314. The van der Waals surface area contributed by atoms with Gasteiger partial charge in [-0.3, -0.25) is 29.3 Å². The van der Waals surface area contributed by atoms with Gasteiger partial charge < -0.3 is 9.80 Å². The van der Waals surface area contributed by atoms with E-state index in [4.69, 9.17) is 0 Å². The minimum Gasteiger partial charge on any atom is -0.338 e. The number of H-pyrrole nitrogens is 1. The lowest BCUT2D eigenvalue weighted by Gasteiger charge is -2.29. The summed E-state index contributed by atoms with van der Waals surface area (Å²) in [5, 5.41) is 11.8. The van der Waals surface area contributed by atoms with Crippen LogP contribution in [0.15, 0.2) is 73.3 Å². The number of nitrogens with zero attached hydrogens (tertiary/aromatic N) is 8. The van der Waals surface area contributed by atoms with Crippen LogP contribution < -0.4 is 4.90 Å². The topological polar surface area (TPSA) is 116 Å². The summed E-state index contributed by atoms with van der Waals surface area (Å²) in [4.78, 5) is 40.8. The highest BCUT2D eigenvalue weighted by Gasteiger charge is 2.36. The molecule has 2 aliphatic rings. The standard InChI is InChI=1S/C36H36F3N9O2/c1-3-48(27-8-9-31-28(18-27)33(43-42-31)29-19-40-14-10-30(29)36(37,38)39)35(50)26-11-15-46(20-26)21-32(49)47-16-12-24(13-17-47)23-4-6-25(7-5-23)34-41-22-45(2)44-34/h4-10,12,14,18-19,22,26H,3,11,13,15-17,20-21H2,1-2H3,(H,42,43)/t26-/m1/s1. The molecule has 5 heterocycles. The van der Waals surface area contributed by atoms with E-state index in [1.807, 2.05) is 35.9 Å². The first-order valence-electron chi connectivity index (χ1n) is 16.6. The van der Waals surface area contributed by atoms with Crippen molar-refractivity contribution in [2.75, 3.05) is 44.2 Å². The van der Waals surface area contributed by atoms with Gasteiger partial charge in [0.25, 0.3) is 0 Å². The number of nitrogens with one attached hydrogen (secondary N) is 1. The Morgan fingerprint density at radius 2 is 1.86 bits per heavy atom. The van der Waals surface area contributed by atoms with Crippen molar-refractivity contribution in [3.05, 3.63) is 84.5 Å². The number of aryl methyl sites for hydroxylation is 1. The molecule has 1 fully saturated rings. The third kappa shape index (κ3) is 6.62. The molecule has 50 heavy (non-hydrogen) atoms. The van der Waals surface area contributed by atoms with Gasteiger partial charge in [0.2, 0.25) is 11.8 Å². The van der Waals surface area contributed by atoms with Gasteiger partial charge >= 0.3 is 6.18 Å². The van der Waals surface area contributed by atoms with E-state index in [0.717, 1.165) is 36.0 Å². The van der Waals surface area contributed by atoms with E-state index in [-0.39, 0.29) is 35.5 Å². The number of carbonyl (C=O) groups is 2. The van der Waals surface area contributed by atoms with Crippen LogP contribution in [0.5, 0.6) is 0 Å². The molecule has 11 nitrogen and oxygen atoms in total. The van der Waals surface area contributed by atoms with Gasteiger partial charge in [0.05, 0.1) is 23.5 Å². The predicted molar refractivity (Wildman–Crippen MR) is 183 cm³/mol. The Kier molecular flexibility index (Phi) is 8.95. The largest absolute Gasteiger partial charge is 0.417 e. The number of amides is 2. The normalized spacial score (nSPS) is 16.9. The maximum absolute atomic E-state index is 13.8. The van der Waals surface area contributed by atoms with E-state index in [9.17, 15) is 22.8 Å². The summed E-state index contributed by atoms with van der Waals surface area (Å²) in [6.45, 7) is 4.70. The molecule has 0 spiro atoms. The molecular weight excluding hydrogens is 647 g/mol. The summed E-state index contributed by atoms with van der Waals surface area (Å²) in [6.07, 6.45) is 2.81. The quantitative estimate of drug-likeness (QED) is 0.232. The molecule has 0 radical (unpaired) electrons. The number of carbonyl (C=O) groups excluding carboxylic acids is 2. The summed E-state index contributed by atoms with van der Waals surface area (Å²) in [5.41, 5.74) is 3.52. The van der Waals surface area contributed by atoms with Crippen LogP contribution >= 0.6 is 0 Å². The van der Waals surface area contributed by atoms with Crippen molar-refractivity contribution >= 4 is 34.0 Å². The number of benzene rings is 2. The number of alkyl halides is 3. The molecule has 1 saturated heterocycles. The molecular formula is C36H36F3N9O2. The van der Waals surface area contributed by atoms with E-state index in [1.54, 1.807) is 34.1 Å². The first-order valence-corrected chi connectivity index (χ1v) is 16.6. The second kappa shape index (κ2) is 13.5. The van der Waals surface area contributed by atoms with Crippen LogP contribution in [-0.2, 0) is 22.8 Å². The Morgan fingerprint density at radius 1 is 1.06 bits per heavy atom. The maximum atomic E-state index is 13.8. The highest BCUT2D eigenvalue weighted by Crippen LogP contribution is 2.39. The number of anilines is 1. The Balaban J connectivity index is 0.977. The first-order chi connectivity index (χ1) is 24.1. The van der Waals surface area contributed by atoms with Crippen molar-refractivity contribution in [3.8, 4) is 22.6 Å². The number of rotatable bonds is 8. The molecule has 0 bridgehead atoms. The molecule has 7 rings (SSSR count). The molecule has 0 aliphatic carbocycles. The zero-order valence-corrected chi connectivity index (χ0v) is 27.7. The summed E-state index contributed by atoms with van der Waals surface area (Å²) in [5.74, 6) is 0.317. The van der Waals surface area contributed by atoms with Crippen LogP contribution in [0.4, 0.5) is 18.9 Å². The van der Waals surface area contributed by atoms with Gasteiger partial charge in [-0.05, 0) is 61.7 Å². The van der Waals surface area contributed by atoms with Crippen LogP contribution in [0.3, 0.4) is 0 Å². The van der Waals surface area contributed by atoms with E-state index < -0.39 is 11.7 Å². The second-order valence-electron chi connectivity index (χ2n) is 12.7. The van der Waals surface area contributed by atoms with Crippen LogP contribution in [-0.4, -0.2) is 90.8 Å². The van der Waals surface area contributed by atoms with Gasteiger partial charge in [0.15, 0.2) is 5.82 Å². The van der Waals surface area contributed by atoms with Crippen LogP contribution in [0.2, 0.25) is 0 Å². The summed E-state index contributed by atoms with van der Waals surface area (Å²) in [6, 6.07) is 14.3. The van der Waals surface area contributed by atoms with Crippen LogP contribution in [0, 0.1) is 5.92 Å². The smallest absolute Gasteiger partial charge is 0.338 e. The fourth-order valence-corrected chi connectivity index (χ4v) is 6.82. The summed E-state index contributed by atoms with van der Waals surface area (Å²) < 4.78 is 43.0. The van der Waals surface area contributed by atoms with Crippen molar-refractivity contribution < 1.29 is 22.8 Å². The molecule has 1 N–H and O–H groups in total. The summed E-state index contributed by atoms with van der Waals surface area (Å²) in [7, 11) is 1.83. The second-order valence-corrected chi connectivity index (χ2v) is 12.7.